The molecule has 23 heavy (non-hydrogen) atoms. The first-order chi connectivity index (χ1) is 10.8. The molecule has 0 aliphatic heterocycles. The van der Waals surface area contributed by atoms with E-state index in [1.807, 2.05) is 0 Å². The Morgan fingerprint density at radius 2 is 1.78 bits per heavy atom. The topological polar surface area (TPSA) is 60.7 Å². The normalized spacial score (nSPS) is 58.7. The zero-order valence-corrected chi connectivity index (χ0v) is 14.6. The standard InChI is InChI=1S/C20H32O3/c1-12-13-4-5-16-19(3)10-14(22)9-18(2,11-21)15(19)6-7-20(16,8-13)17(12)23/h13-17,21-23H,1,4-11H2,2-3H3. The van der Waals surface area contributed by atoms with Gasteiger partial charge in [0, 0.05) is 12.0 Å². The molecule has 4 aliphatic rings. The van der Waals surface area contributed by atoms with E-state index < -0.39 is 0 Å². The Bertz CT molecular complexity index is 531. The van der Waals surface area contributed by atoms with E-state index in [2.05, 4.69) is 20.4 Å². The van der Waals surface area contributed by atoms with Crippen molar-refractivity contribution in [3.8, 4) is 0 Å². The summed E-state index contributed by atoms with van der Waals surface area (Å²) in [5, 5.41) is 31.6. The summed E-state index contributed by atoms with van der Waals surface area (Å²) in [7, 11) is 0. The van der Waals surface area contributed by atoms with Gasteiger partial charge in [0.05, 0.1) is 12.2 Å². The fourth-order valence-corrected chi connectivity index (χ4v) is 7.82. The van der Waals surface area contributed by atoms with E-state index in [0.717, 1.165) is 44.1 Å². The van der Waals surface area contributed by atoms with Crippen molar-refractivity contribution < 1.29 is 15.3 Å². The van der Waals surface area contributed by atoms with Gasteiger partial charge in [0.15, 0.2) is 0 Å². The lowest BCUT2D eigenvalue weighted by atomic mass is 9.40. The molecule has 0 aromatic rings. The van der Waals surface area contributed by atoms with Crippen LogP contribution in [0.1, 0.15) is 58.8 Å². The van der Waals surface area contributed by atoms with Crippen LogP contribution in [0.3, 0.4) is 0 Å². The summed E-state index contributed by atoms with van der Waals surface area (Å²) in [6.07, 6.45) is 6.32. The van der Waals surface area contributed by atoms with Crippen molar-refractivity contribution in [2.75, 3.05) is 6.61 Å². The minimum absolute atomic E-state index is 0.0152. The van der Waals surface area contributed by atoms with Crippen LogP contribution in [0.2, 0.25) is 0 Å². The minimum Gasteiger partial charge on any atom is -0.396 e. The van der Waals surface area contributed by atoms with E-state index in [4.69, 9.17) is 0 Å². The summed E-state index contributed by atoms with van der Waals surface area (Å²) in [4.78, 5) is 0. The number of hydrogen-bond acceptors (Lipinski definition) is 3. The zero-order chi connectivity index (χ0) is 16.6. The molecule has 0 aromatic heterocycles. The minimum atomic E-state index is -0.364. The molecule has 130 valence electrons. The third-order valence-corrected chi connectivity index (χ3v) is 8.61. The Hall–Kier alpha value is -0.380. The van der Waals surface area contributed by atoms with Crippen molar-refractivity contribution >= 4 is 0 Å². The third kappa shape index (κ3) is 1.88. The summed E-state index contributed by atoms with van der Waals surface area (Å²) < 4.78 is 0. The van der Waals surface area contributed by atoms with Gasteiger partial charge in [0.25, 0.3) is 0 Å². The fourth-order valence-electron chi connectivity index (χ4n) is 7.82. The average molecular weight is 320 g/mol. The van der Waals surface area contributed by atoms with Gasteiger partial charge in [-0.15, -0.1) is 0 Å². The molecule has 3 nitrogen and oxygen atoms in total. The number of hydrogen-bond donors (Lipinski definition) is 3. The summed E-state index contributed by atoms with van der Waals surface area (Å²) >= 11 is 0. The first-order valence-electron chi connectivity index (χ1n) is 9.42. The van der Waals surface area contributed by atoms with Crippen molar-refractivity contribution in [2.24, 2.45) is 34.0 Å². The molecule has 8 unspecified atom stereocenters. The summed E-state index contributed by atoms with van der Waals surface area (Å²) in [6.45, 7) is 8.87. The van der Waals surface area contributed by atoms with Crippen LogP contribution >= 0.6 is 0 Å². The van der Waals surface area contributed by atoms with E-state index in [-0.39, 0.29) is 35.1 Å². The Labute approximate surface area is 139 Å². The van der Waals surface area contributed by atoms with Crippen LogP contribution in [-0.4, -0.2) is 34.1 Å². The Morgan fingerprint density at radius 3 is 2.48 bits per heavy atom. The van der Waals surface area contributed by atoms with Crippen LogP contribution in [0, 0.1) is 34.0 Å². The molecule has 4 rings (SSSR count). The second kappa shape index (κ2) is 4.83. The molecule has 4 saturated carbocycles. The van der Waals surface area contributed by atoms with Gasteiger partial charge in [-0.1, -0.05) is 20.4 Å². The summed E-state index contributed by atoms with van der Waals surface area (Å²) in [5.74, 6) is 1.39. The molecule has 4 fully saturated rings. The van der Waals surface area contributed by atoms with E-state index in [9.17, 15) is 15.3 Å². The van der Waals surface area contributed by atoms with Crippen molar-refractivity contribution in [3.05, 3.63) is 12.2 Å². The van der Waals surface area contributed by atoms with E-state index in [1.165, 1.54) is 0 Å². The second-order valence-corrected chi connectivity index (χ2v) is 9.71. The lowest BCUT2D eigenvalue weighted by Gasteiger charge is -2.65. The molecular formula is C20H32O3. The predicted octanol–water partition coefficient (Wildman–Crippen LogP) is 2.89. The SMILES string of the molecule is C=C1C2CCC3C4(C)CC(O)CC(C)(CO)C4CCC3(C2)C1O. The molecule has 0 amide bonds. The lowest BCUT2D eigenvalue weighted by molar-refractivity contribution is -0.199. The molecule has 3 heteroatoms. The molecule has 2 bridgehead atoms. The molecule has 8 atom stereocenters. The van der Waals surface area contributed by atoms with Crippen molar-refractivity contribution in [1.82, 2.24) is 0 Å². The molecule has 0 radical (unpaired) electrons. The van der Waals surface area contributed by atoms with Gasteiger partial charge in [0.1, 0.15) is 0 Å². The highest BCUT2D eigenvalue weighted by Crippen LogP contribution is 2.72. The van der Waals surface area contributed by atoms with Gasteiger partial charge in [-0.2, -0.15) is 0 Å². The molecule has 0 aromatic carbocycles. The third-order valence-electron chi connectivity index (χ3n) is 8.61. The molecule has 4 aliphatic carbocycles. The zero-order valence-electron chi connectivity index (χ0n) is 14.6. The van der Waals surface area contributed by atoms with Crippen LogP contribution in [0.15, 0.2) is 12.2 Å². The molecule has 1 spiro atoms. The van der Waals surface area contributed by atoms with Crippen LogP contribution in [0.4, 0.5) is 0 Å². The first-order valence-corrected chi connectivity index (χ1v) is 9.42. The predicted molar refractivity (Wildman–Crippen MR) is 89.7 cm³/mol. The van der Waals surface area contributed by atoms with Crippen molar-refractivity contribution in [1.29, 1.82) is 0 Å². The quantitative estimate of drug-likeness (QED) is 0.651. The van der Waals surface area contributed by atoms with Crippen LogP contribution in [0.25, 0.3) is 0 Å². The van der Waals surface area contributed by atoms with Crippen LogP contribution in [0.5, 0.6) is 0 Å². The van der Waals surface area contributed by atoms with Crippen LogP contribution in [-0.2, 0) is 0 Å². The van der Waals surface area contributed by atoms with E-state index in [0.29, 0.717) is 24.2 Å². The molecule has 0 heterocycles. The highest BCUT2D eigenvalue weighted by molar-refractivity contribution is 5.27. The maximum absolute atomic E-state index is 11.0. The van der Waals surface area contributed by atoms with Gasteiger partial charge in [-0.3, -0.25) is 0 Å². The monoisotopic (exact) mass is 320 g/mol. The number of aliphatic hydroxyl groups excluding tert-OH is 3. The largest absolute Gasteiger partial charge is 0.396 e. The van der Waals surface area contributed by atoms with Gasteiger partial charge in [-0.25, -0.2) is 0 Å². The van der Waals surface area contributed by atoms with Gasteiger partial charge >= 0.3 is 0 Å². The van der Waals surface area contributed by atoms with Crippen molar-refractivity contribution in [3.63, 3.8) is 0 Å². The van der Waals surface area contributed by atoms with Gasteiger partial charge in [0.2, 0.25) is 0 Å². The Balaban J connectivity index is 1.78. The van der Waals surface area contributed by atoms with Gasteiger partial charge < -0.3 is 15.3 Å². The summed E-state index contributed by atoms with van der Waals surface area (Å²) in [5.41, 5.74) is 0.879. The number of fused-ring (bicyclic) bond motifs is 3. The van der Waals surface area contributed by atoms with E-state index >= 15 is 0 Å². The lowest BCUT2D eigenvalue weighted by Crippen LogP contribution is -2.61. The Kier molecular flexibility index (Phi) is 3.38. The number of rotatable bonds is 1. The van der Waals surface area contributed by atoms with Crippen molar-refractivity contribution in [2.45, 2.75) is 71.0 Å². The average Bonchev–Trinajstić information content (AvgIpc) is 2.67. The van der Waals surface area contributed by atoms with E-state index in [1.54, 1.807) is 0 Å². The highest BCUT2D eigenvalue weighted by atomic mass is 16.3. The second-order valence-electron chi connectivity index (χ2n) is 9.71. The van der Waals surface area contributed by atoms with Crippen LogP contribution < -0.4 is 0 Å². The fraction of sp³-hybridized carbons (Fsp3) is 0.900. The maximum Gasteiger partial charge on any atom is 0.0809 e. The number of aliphatic hydroxyl groups is 3. The van der Waals surface area contributed by atoms with Gasteiger partial charge in [-0.05, 0) is 79.1 Å². The molecule has 3 N–H and O–H groups in total. The summed E-state index contributed by atoms with van der Waals surface area (Å²) in [6, 6.07) is 0. The smallest absolute Gasteiger partial charge is 0.0809 e. The maximum atomic E-state index is 11.0. The molecular weight excluding hydrogens is 288 g/mol. The first kappa shape index (κ1) is 16.1. The Morgan fingerprint density at radius 1 is 1.04 bits per heavy atom. The highest BCUT2D eigenvalue weighted by Gasteiger charge is 2.67. The molecule has 0 saturated heterocycles.